The maximum absolute atomic E-state index is 6.08. The Bertz CT molecular complexity index is 1110. The van der Waals surface area contributed by atoms with Crippen molar-refractivity contribution in [3.8, 4) is 17.3 Å². The van der Waals surface area contributed by atoms with E-state index in [-0.39, 0.29) is 0 Å². The molecule has 5 rings (SSSR count). The Kier molecular flexibility index (Phi) is 4.38. The van der Waals surface area contributed by atoms with Crippen LogP contribution in [0, 0.1) is 0 Å². The fraction of sp³-hybridized carbons (Fsp3) is 0.368. The first-order valence-corrected chi connectivity index (χ1v) is 9.35. The number of aryl methyl sites for hydroxylation is 1. The topological polar surface area (TPSA) is 94.0 Å². The molecule has 28 heavy (non-hydrogen) atoms. The summed E-state index contributed by atoms with van der Waals surface area (Å²) >= 11 is 0. The number of morpholine rings is 1. The van der Waals surface area contributed by atoms with Gasteiger partial charge in [0.25, 0.3) is 0 Å². The molecule has 0 aliphatic carbocycles. The fourth-order valence-corrected chi connectivity index (χ4v) is 3.49. The van der Waals surface area contributed by atoms with Gasteiger partial charge in [0.2, 0.25) is 5.88 Å². The zero-order valence-corrected chi connectivity index (χ0v) is 15.6. The summed E-state index contributed by atoms with van der Waals surface area (Å²) in [6, 6.07) is 5.94. The van der Waals surface area contributed by atoms with Crippen LogP contribution in [0.2, 0.25) is 0 Å². The molecule has 1 N–H and O–H groups in total. The number of nitrogens with zero attached hydrogens (tertiary/aromatic N) is 6. The lowest BCUT2D eigenvalue weighted by Crippen LogP contribution is -2.38. The van der Waals surface area contributed by atoms with Crippen LogP contribution < -0.4 is 4.74 Å². The molecule has 0 bridgehead atoms. The smallest absolute Gasteiger partial charge is 0.228 e. The quantitative estimate of drug-likeness (QED) is 0.563. The van der Waals surface area contributed by atoms with Crippen LogP contribution in [0.4, 0.5) is 0 Å². The first-order chi connectivity index (χ1) is 13.8. The van der Waals surface area contributed by atoms with E-state index in [4.69, 9.17) is 19.4 Å². The Morgan fingerprint density at radius 1 is 1.14 bits per heavy atom. The molecule has 1 aromatic carbocycles. The standard InChI is InChI=1S/C19H21N7O2/c1-25-18-15(12-21-25)19(28-10-7-26-5-8-27-9-6-26)23-17(22-18)13-3-2-4-16-14(13)11-20-24-16/h2-4,11-12H,5-10H2,1H3,(H,20,24). The highest BCUT2D eigenvalue weighted by Gasteiger charge is 2.17. The van der Waals surface area contributed by atoms with E-state index in [1.54, 1.807) is 17.1 Å². The van der Waals surface area contributed by atoms with Crippen LogP contribution in [-0.4, -0.2) is 74.3 Å². The fourth-order valence-electron chi connectivity index (χ4n) is 3.49. The van der Waals surface area contributed by atoms with Gasteiger partial charge in [-0.25, -0.2) is 4.98 Å². The second kappa shape index (κ2) is 7.17. The second-order valence-corrected chi connectivity index (χ2v) is 6.80. The highest BCUT2D eigenvalue weighted by Crippen LogP contribution is 2.29. The third kappa shape index (κ3) is 3.08. The molecular weight excluding hydrogens is 358 g/mol. The van der Waals surface area contributed by atoms with E-state index in [9.17, 15) is 0 Å². The van der Waals surface area contributed by atoms with Crippen molar-refractivity contribution in [2.24, 2.45) is 7.05 Å². The maximum Gasteiger partial charge on any atom is 0.228 e. The summed E-state index contributed by atoms with van der Waals surface area (Å²) in [7, 11) is 1.87. The van der Waals surface area contributed by atoms with Gasteiger partial charge in [-0.05, 0) is 6.07 Å². The van der Waals surface area contributed by atoms with Gasteiger partial charge in [0.15, 0.2) is 11.5 Å². The summed E-state index contributed by atoms with van der Waals surface area (Å²) in [5.41, 5.74) is 2.60. The Hall–Kier alpha value is -3.04. The van der Waals surface area contributed by atoms with Crippen molar-refractivity contribution in [2.75, 3.05) is 39.5 Å². The lowest BCUT2D eigenvalue weighted by Gasteiger charge is -2.26. The number of benzene rings is 1. The van der Waals surface area contributed by atoms with Crippen molar-refractivity contribution in [1.82, 2.24) is 34.8 Å². The highest BCUT2D eigenvalue weighted by atomic mass is 16.5. The molecule has 144 valence electrons. The van der Waals surface area contributed by atoms with Gasteiger partial charge in [-0.15, -0.1) is 0 Å². The number of H-pyrrole nitrogens is 1. The monoisotopic (exact) mass is 379 g/mol. The maximum atomic E-state index is 6.08. The number of nitrogens with one attached hydrogen (secondary N) is 1. The molecule has 0 radical (unpaired) electrons. The summed E-state index contributed by atoms with van der Waals surface area (Å²) < 4.78 is 13.2. The van der Waals surface area contributed by atoms with Crippen LogP contribution in [0.3, 0.4) is 0 Å². The minimum absolute atomic E-state index is 0.552. The predicted molar refractivity (Wildman–Crippen MR) is 104 cm³/mol. The zero-order valence-electron chi connectivity index (χ0n) is 15.6. The van der Waals surface area contributed by atoms with Gasteiger partial charge in [-0.3, -0.25) is 14.7 Å². The SMILES string of the molecule is Cn1ncc2c(OCCN3CCOCC3)nc(-c3cccc4[nH]ncc34)nc21. The van der Waals surface area contributed by atoms with Crippen LogP contribution in [0.25, 0.3) is 33.3 Å². The zero-order chi connectivity index (χ0) is 18.9. The van der Waals surface area contributed by atoms with Crippen LogP contribution >= 0.6 is 0 Å². The van der Waals surface area contributed by atoms with Crippen molar-refractivity contribution in [3.63, 3.8) is 0 Å². The van der Waals surface area contributed by atoms with E-state index >= 15 is 0 Å². The molecule has 1 aliphatic heterocycles. The number of ether oxygens (including phenoxy) is 2. The van der Waals surface area contributed by atoms with Crippen molar-refractivity contribution in [3.05, 3.63) is 30.6 Å². The molecule has 4 heterocycles. The highest BCUT2D eigenvalue weighted by molar-refractivity contribution is 5.93. The van der Waals surface area contributed by atoms with Gasteiger partial charge in [0, 0.05) is 37.6 Å². The van der Waals surface area contributed by atoms with Crippen molar-refractivity contribution in [2.45, 2.75) is 0 Å². The Morgan fingerprint density at radius 3 is 2.93 bits per heavy atom. The van der Waals surface area contributed by atoms with Crippen LogP contribution in [0.1, 0.15) is 0 Å². The lowest BCUT2D eigenvalue weighted by atomic mass is 10.1. The largest absolute Gasteiger partial charge is 0.476 e. The average molecular weight is 379 g/mol. The Labute approximate surface area is 161 Å². The Morgan fingerprint density at radius 2 is 2.04 bits per heavy atom. The molecule has 1 aliphatic rings. The van der Waals surface area contributed by atoms with E-state index in [1.165, 1.54) is 0 Å². The third-order valence-electron chi connectivity index (χ3n) is 5.03. The molecule has 0 unspecified atom stereocenters. The van der Waals surface area contributed by atoms with Crippen LogP contribution in [0.5, 0.6) is 5.88 Å². The number of hydrogen-bond acceptors (Lipinski definition) is 7. The van der Waals surface area contributed by atoms with E-state index in [1.807, 2.05) is 25.2 Å². The van der Waals surface area contributed by atoms with Crippen LogP contribution in [0.15, 0.2) is 30.6 Å². The van der Waals surface area contributed by atoms with E-state index in [2.05, 4.69) is 20.2 Å². The summed E-state index contributed by atoms with van der Waals surface area (Å²) in [6.45, 7) is 4.81. The molecule has 4 aromatic rings. The molecule has 0 spiro atoms. The number of rotatable bonds is 5. The van der Waals surface area contributed by atoms with E-state index < -0.39 is 0 Å². The van der Waals surface area contributed by atoms with Gasteiger partial charge in [0.05, 0.1) is 31.1 Å². The van der Waals surface area contributed by atoms with Crippen molar-refractivity contribution in [1.29, 1.82) is 0 Å². The van der Waals surface area contributed by atoms with Crippen molar-refractivity contribution < 1.29 is 9.47 Å². The summed E-state index contributed by atoms with van der Waals surface area (Å²) in [5.74, 6) is 1.16. The molecule has 1 saturated heterocycles. The first kappa shape index (κ1) is 17.1. The number of fused-ring (bicyclic) bond motifs is 2. The number of aromatic amines is 1. The van der Waals surface area contributed by atoms with E-state index in [0.717, 1.165) is 60.3 Å². The summed E-state index contributed by atoms with van der Waals surface area (Å²) in [5, 5.41) is 13.2. The first-order valence-electron chi connectivity index (χ1n) is 9.35. The molecule has 9 nitrogen and oxygen atoms in total. The van der Waals surface area contributed by atoms with Gasteiger partial charge in [0.1, 0.15) is 12.0 Å². The minimum Gasteiger partial charge on any atom is -0.476 e. The normalized spacial score (nSPS) is 15.5. The molecule has 0 atom stereocenters. The lowest BCUT2D eigenvalue weighted by molar-refractivity contribution is 0.0321. The molecular formula is C19H21N7O2. The molecule has 3 aromatic heterocycles. The Balaban J connectivity index is 1.49. The van der Waals surface area contributed by atoms with Gasteiger partial charge < -0.3 is 9.47 Å². The third-order valence-corrected chi connectivity index (χ3v) is 5.03. The van der Waals surface area contributed by atoms with E-state index in [0.29, 0.717) is 18.3 Å². The van der Waals surface area contributed by atoms with Gasteiger partial charge in [-0.1, -0.05) is 12.1 Å². The summed E-state index contributed by atoms with van der Waals surface area (Å²) in [4.78, 5) is 11.8. The van der Waals surface area contributed by atoms with Gasteiger partial charge >= 0.3 is 0 Å². The summed E-state index contributed by atoms with van der Waals surface area (Å²) in [6.07, 6.45) is 3.54. The second-order valence-electron chi connectivity index (χ2n) is 6.80. The number of hydrogen-bond donors (Lipinski definition) is 1. The molecule has 1 fully saturated rings. The van der Waals surface area contributed by atoms with Crippen molar-refractivity contribution >= 4 is 21.9 Å². The van der Waals surface area contributed by atoms with Crippen LogP contribution in [-0.2, 0) is 11.8 Å². The predicted octanol–water partition coefficient (Wildman–Crippen LogP) is 1.62. The minimum atomic E-state index is 0.552. The number of aromatic nitrogens is 6. The molecule has 9 heteroatoms. The van der Waals surface area contributed by atoms with Gasteiger partial charge in [-0.2, -0.15) is 15.2 Å². The molecule has 0 saturated carbocycles. The molecule has 0 amide bonds. The average Bonchev–Trinajstić information content (AvgIpc) is 3.35.